The van der Waals surface area contributed by atoms with Gasteiger partial charge in [-0.05, 0) is 86.4 Å². The number of fused-ring (bicyclic) bond motifs is 1. The van der Waals surface area contributed by atoms with Gasteiger partial charge in [0, 0.05) is 16.6 Å². The lowest BCUT2D eigenvalue weighted by atomic mass is 10.1. The van der Waals surface area contributed by atoms with Gasteiger partial charge in [0.15, 0.2) is 5.75 Å². The highest BCUT2D eigenvalue weighted by molar-refractivity contribution is 7.22. The summed E-state index contributed by atoms with van der Waals surface area (Å²) in [5, 5.41) is 20.4. The number of thiophene rings is 1. The quantitative estimate of drug-likeness (QED) is 0.400. The van der Waals surface area contributed by atoms with E-state index in [4.69, 9.17) is 9.47 Å². The zero-order chi connectivity index (χ0) is 21.1. The first kappa shape index (κ1) is 20.1. The molecule has 6 heteroatoms. The largest absolute Gasteiger partial charge is 0.508 e. The van der Waals surface area contributed by atoms with Crippen molar-refractivity contribution in [3.63, 3.8) is 0 Å². The first-order valence-corrected chi connectivity index (χ1v) is 10.4. The minimum atomic E-state index is 0.213. The SMILES string of the molecule is CN(C)CCOc1ccc(Oc2c(-c3ccc(O)cc3)sc3cc(O)ccc23)cc1. The van der Waals surface area contributed by atoms with E-state index in [0.29, 0.717) is 12.4 Å². The molecule has 4 rings (SSSR count). The topological polar surface area (TPSA) is 62.2 Å². The van der Waals surface area contributed by atoms with Crippen molar-refractivity contribution in [2.75, 3.05) is 27.2 Å². The summed E-state index contributed by atoms with van der Waals surface area (Å²) < 4.78 is 13.0. The summed E-state index contributed by atoms with van der Waals surface area (Å²) in [6.07, 6.45) is 0. The van der Waals surface area contributed by atoms with E-state index in [9.17, 15) is 10.2 Å². The van der Waals surface area contributed by atoms with Crippen molar-refractivity contribution in [1.29, 1.82) is 0 Å². The van der Waals surface area contributed by atoms with Gasteiger partial charge in [0.25, 0.3) is 0 Å². The summed E-state index contributed by atoms with van der Waals surface area (Å²) in [6, 6.07) is 19.8. The van der Waals surface area contributed by atoms with Crippen molar-refractivity contribution >= 4 is 21.4 Å². The second kappa shape index (κ2) is 8.65. The smallest absolute Gasteiger partial charge is 0.153 e. The van der Waals surface area contributed by atoms with Crippen LogP contribution in [0.5, 0.6) is 28.7 Å². The van der Waals surface area contributed by atoms with E-state index in [2.05, 4.69) is 4.90 Å². The number of ether oxygens (including phenoxy) is 2. The summed E-state index contributed by atoms with van der Waals surface area (Å²) in [6.45, 7) is 1.47. The summed E-state index contributed by atoms with van der Waals surface area (Å²) in [5.41, 5.74) is 0.937. The fourth-order valence-corrected chi connectivity index (χ4v) is 4.20. The third-order valence-electron chi connectivity index (χ3n) is 4.61. The molecule has 0 radical (unpaired) electrons. The van der Waals surface area contributed by atoms with E-state index in [1.807, 2.05) is 56.6 Å². The van der Waals surface area contributed by atoms with Gasteiger partial charge in [-0.1, -0.05) is 0 Å². The number of phenolic OH excluding ortho intramolecular Hbond substituents is 2. The molecule has 0 saturated carbocycles. The molecule has 0 bridgehead atoms. The Morgan fingerprint density at radius 3 is 2.20 bits per heavy atom. The highest BCUT2D eigenvalue weighted by Crippen LogP contribution is 2.47. The third kappa shape index (κ3) is 4.50. The molecular weight excluding hydrogens is 398 g/mol. The molecule has 0 aliphatic carbocycles. The van der Waals surface area contributed by atoms with Crippen LogP contribution >= 0.6 is 11.3 Å². The molecule has 0 spiro atoms. The first-order chi connectivity index (χ1) is 14.5. The van der Waals surface area contributed by atoms with Crippen molar-refractivity contribution in [3.05, 3.63) is 66.7 Å². The van der Waals surface area contributed by atoms with Gasteiger partial charge in [0.1, 0.15) is 29.6 Å². The summed E-state index contributed by atoms with van der Waals surface area (Å²) in [5.74, 6) is 2.64. The highest BCUT2D eigenvalue weighted by atomic mass is 32.1. The minimum absolute atomic E-state index is 0.213. The Hall–Kier alpha value is -3.22. The van der Waals surface area contributed by atoms with Crippen molar-refractivity contribution < 1.29 is 19.7 Å². The minimum Gasteiger partial charge on any atom is -0.508 e. The van der Waals surface area contributed by atoms with Crippen LogP contribution in [0.15, 0.2) is 66.7 Å². The fourth-order valence-electron chi connectivity index (χ4n) is 3.03. The molecule has 2 N–H and O–H groups in total. The van der Waals surface area contributed by atoms with Gasteiger partial charge in [0.2, 0.25) is 0 Å². The molecular formula is C24H23NO4S. The summed E-state index contributed by atoms with van der Waals surface area (Å²) in [4.78, 5) is 3.00. The van der Waals surface area contributed by atoms with Crippen molar-refractivity contribution in [2.45, 2.75) is 0 Å². The molecule has 0 amide bonds. The van der Waals surface area contributed by atoms with Gasteiger partial charge >= 0.3 is 0 Å². The maximum atomic E-state index is 9.88. The fraction of sp³-hybridized carbons (Fsp3) is 0.167. The number of hydrogen-bond acceptors (Lipinski definition) is 6. The van der Waals surface area contributed by atoms with Crippen molar-refractivity contribution in [1.82, 2.24) is 4.90 Å². The Bertz CT molecular complexity index is 1130. The molecule has 0 atom stereocenters. The van der Waals surface area contributed by atoms with Crippen LogP contribution < -0.4 is 9.47 Å². The number of likely N-dealkylation sites (N-methyl/N-ethyl adjacent to an activating group) is 1. The molecule has 1 aromatic heterocycles. The average molecular weight is 422 g/mol. The van der Waals surface area contributed by atoms with Crippen molar-refractivity contribution in [3.8, 4) is 39.2 Å². The number of rotatable bonds is 7. The first-order valence-electron chi connectivity index (χ1n) is 9.60. The zero-order valence-corrected chi connectivity index (χ0v) is 17.6. The Labute approximate surface area is 179 Å². The number of phenols is 2. The van der Waals surface area contributed by atoms with Gasteiger partial charge in [-0.25, -0.2) is 0 Å². The Morgan fingerprint density at radius 2 is 1.50 bits per heavy atom. The predicted molar refractivity (Wildman–Crippen MR) is 121 cm³/mol. The van der Waals surface area contributed by atoms with Crippen molar-refractivity contribution in [2.24, 2.45) is 0 Å². The van der Waals surface area contributed by atoms with E-state index in [0.717, 1.165) is 38.6 Å². The lowest BCUT2D eigenvalue weighted by Gasteiger charge is -2.12. The number of nitrogens with zero attached hydrogens (tertiary/aromatic N) is 1. The summed E-state index contributed by atoms with van der Waals surface area (Å²) in [7, 11) is 4.02. The van der Waals surface area contributed by atoms with Gasteiger partial charge in [0.05, 0.1) is 4.88 Å². The van der Waals surface area contributed by atoms with Gasteiger partial charge < -0.3 is 24.6 Å². The van der Waals surface area contributed by atoms with Crippen LogP contribution in [0.25, 0.3) is 20.5 Å². The molecule has 4 aromatic rings. The lowest BCUT2D eigenvalue weighted by molar-refractivity contribution is 0.261. The van der Waals surface area contributed by atoms with E-state index in [-0.39, 0.29) is 11.5 Å². The molecule has 1 heterocycles. The maximum absolute atomic E-state index is 9.88. The standard InChI is InChI=1S/C24H23NO4S/c1-25(2)13-14-28-19-8-10-20(11-9-19)29-23-21-12-7-18(27)15-22(21)30-24(23)16-3-5-17(26)6-4-16/h3-12,15,26-27H,13-14H2,1-2H3. The Kier molecular flexibility index (Phi) is 5.79. The molecule has 0 unspecified atom stereocenters. The van der Waals surface area contributed by atoms with E-state index in [1.165, 1.54) is 11.3 Å². The second-order valence-electron chi connectivity index (χ2n) is 7.21. The third-order valence-corrected chi connectivity index (χ3v) is 5.79. The second-order valence-corrected chi connectivity index (χ2v) is 8.27. The van der Waals surface area contributed by atoms with Gasteiger partial charge in [-0.2, -0.15) is 0 Å². The molecule has 0 saturated heterocycles. The average Bonchev–Trinajstić information content (AvgIpc) is 3.07. The van der Waals surface area contributed by atoms with Crippen LogP contribution in [0, 0.1) is 0 Å². The van der Waals surface area contributed by atoms with Crippen LogP contribution in [-0.4, -0.2) is 42.4 Å². The number of hydrogen-bond donors (Lipinski definition) is 2. The summed E-state index contributed by atoms with van der Waals surface area (Å²) >= 11 is 1.54. The van der Waals surface area contributed by atoms with Crippen LogP contribution in [0.2, 0.25) is 0 Å². The van der Waals surface area contributed by atoms with Crippen LogP contribution in [0.4, 0.5) is 0 Å². The van der Waals surface area contributed by atoms with E-state index in [1.54, 1.807) is 24.3 Å². The van der Waals surface area contributed by atoms with Crippen LogP contribution in [0.3, 0.4) is 0 Å². The number of aromatic hydroxyl groups is 2. The molecule has 3 aromatic carbocycles. The van der Waals surface area contributed by atoms with Crippen LogP contribution in [-0.2, 0) is 0 Å². The maximum Gasteiger partial charge on any atom is 0.153 e. The Morgan fingerprint density at radius 1 is 0.833 bits per heavy atom. The monoisotopic (exact) mass is 421 g/mol. The zero-order valence-electron chi connectivity index (χ0n) is 16.8. The molecule has 154 valence electrons. The van der Waals surface area contributed by atoms with Gasteiger partial charge in [-0.3, -0.25) is 0 Å². The lowest BCUT2D eigenvalue weighted by Crippen LogP contribution is -2.19. The molecule has 0 aliphatic heterocycles. The molecule has 0 fully saturated rings. The Balaban J connectivity index is 1.64. The van der Waals surface area contributed by atoms with E-state index < -0.39 is 0 Å². The predicted octanol–water partition coefficient (Wildman–Crippen LogP) is 5.71. The van der Waals surface area contributed by atoms with Gasteiger partial charge in [-0.15, -0.1) is 11.3 Å². The molecule has 0 aliphatic rings. The molecule has 5 nitrogen and oxygen atoms in total. The normalized spacial score (nSPS) is 11.2. The van der Waals surface area contributed by atoms with E-state index >= 15 is 0 Å². The van der Waals surface area contributed by atoms with Crippen LogP contribution in [0.1, 0.15) is 0 Å². The molecule has 30 heavy (non-hydrogen) atoms. The highest BCUT2D eigenvalue weighted by Gasteiger charge is 2.17. The number of benzene rings is 3.